The molecule has 0 spiro atoms. The molecule has 2 atom stereocenters. The molecule has 1 amide bonds. The van der Waals surface area contributed by atoms with E-state index >= 15 is 0 Å². The van der Waals surface area contributed by atoms with Gasteiger partial charge in [-0.3, -0.25) is 4.79 Å². The van der Waals surface area contributed by atoms with E-state index in [1.165, 1.54) is 13.3 Å². The molecule has 9 nitrogen and oxygen atoms in total. The fourth-order valence-corrected chi connectivity index (χ4v) is 4.67. The first-order chi connectivity index (χ1) is 19.6. The van der Waals surface area contributed by atoms with Crippen LogP contribution in [-0.4, -0.2) is 53.3 Å². The zero-order valence-electron chi connectivity index (χ0n) is 23.8. The molecule has 1 saturated carbocycles. The summed E-state index contributed by atoms with van der Waals surface area (Å²) in [6.45, 7) is 5.83. The van der Waals surface area contributed by atoms with E-state index in [9.17, 15) is 9.59 Å². The van der Waals surface area contributed by atoms with Crippen LogP contribution in [0.4, 0.5) is 11.8 Å². The summed E-state index contributed by atoms with van der Waals surface area (Å²) >= 11 is 6.09. The number of rotatable bonds is 11. The molecule has 1 aromatic heterocycles. The first kappa shape index (κ1) is 30.0. The molecule has 216 valence electrons. The van der Waals surface area contributed by atoms with Crippen molar-refractivity contribution in [3.8, 4) is 0 Å². The number of anilines is 2. The Morgan fingerprint density at radius 1 is 1.10 bits per heavy atom. The number of nitrogens with zero attached hydrogens (tertiary/aromatic N) is 2. The molecule has 1 aliphatic carbocycles. The number of halogens is 1. The SMILES string of the molecule is COC(=O)C(NC(=O)c1cnc(NC2CCC2)nc1NCC(C(=N)c1ccc(Cl)cc1)c1ccccc1)C(C)(C)C. The van der Waals surface area contributed by atoms with E-state index in [1.54, 1.807) is 12.1 Å². The van der Waals surface area contributed by atoms with E-state index in [0.717, 1.165) is 30.4 Å². The number of nitrogens with one attached hydrogen (secondary N) is 4. The molecule has 1 aliphatic rings. The lowest BCUT2D eigenvalue weighted by molar-refractivity contribution is -0.145. The molecule has 41 heavy (non-hydrogen) atoms. The minimum atomic E-state index is -0.879. The number of benzene rings is 2. The smallest absolute Gasteiger partial charge is 0.328 e. The van der Waals surface area contributed by atoms with Gasteiger partial charge in [0.15, 0.2) is 0 Å². The van der Waals surface area contributed by atoms with Gasteiger partial charge >= 0.3 is 5.97 Å². The first-order valence-electron chi connectivity index (χ1n) is 13.7. The van der Waals surface area contributed by atoms with Gasteiger partial charge in [-0.2, -0.15) is 4.98 Å². The number of methoxy groups -OCH3 is 1. The summed E-state index contributed by atoms with van der Waals surface area (Å²) in [5.74, 6) is -0.675. The second-order valence-electron chi connectivity index (χ2n) is 11.3. The van der Waals surface area contributed by atoms with Crippen molar-refractivity contribution >= 4 is 41.0 Å². The molecule has 3 aromatic rings. The van der Waals surface area contributed by atoms with Crippen molar-refractivity contribution in [2.75, 3.05) is 24.3 Å². The zero-order chi connectivity index (χ0) is 29.6. The van der Waals surface area contributed by atoms with Crippen LogP contribution in [0.1, 0.15) is 67.4 Å². The van der Waals surface area contributed by atoms with Gasteiger partial charge in [0.05, 0.1) is 7.11 Å². The fourth-order valence-electron chi connectivity index (χ4n) is 4.54. The lowest BCUT2D eigenvalue weighted by Gasteiger charge is -2.29. The fraction of sp³-hybridized carbons (Fsp3) is 0.387. The Kier molecular flexibility index (Phi) is 9.60. The van der Waals surface area contributed by atoms with Crippen LogP contribution in [0.5, 0.6) is 0 Å². The summed E-state index contributed by atoms with van der Waals surface area (Å²) in [5, 5.41) is 19.1. The second-order valence-corrected chi connectivity index (χ2v) is 11.7. The summed E-state index contributed by atoms with van der Waals surface area (Å²) in [6.07, 6.45) is 4.69. The summed E-state index contributed by atoms with van der Waals surface area (Å²) in [4.78, 5) is 35.1. The number of carbonyl (C=O) groups excluding carboxylic acids is 2. The molecule has 1 heterocycles. The van der Waals surface area contributed by atoms with Crippen molar-refractivity contribution in [1.82, 2.24) is 15.3 Å². The summed E-state index contributed by atoms with van der Waals surface area (Å²) < 4.78 is 4.95. The van der Waals surface area contributed by atoms with E-state index in [2.05, 4.69) is 25.9 Å². The maximum Gasteiger partial charge on any atom is 0.328 e. The topological polar surface area (TPSA) is 129 Å². The number of hydrogen-bond acceptors (Lipinski definition) is 8. The average molecular weight is 577 g/mol. The van der Waals surface area contributed by atoms with Gasteiger partial charge in [-0.1, -0.05) is 74.8 Å². The van der Waals surface area contributed by atoms with Crippen molar-refractivity contribution in [3.63, 3.8) is 0 Å². The van der Waals surface area contributed by atoms with Gasteiger partial charge in [-0.15, -0.1) is 0 Å². The maximum absolute atomic E-state index is 13.5. The van der Waals surface area contributed by atoms with Crippen LogP contribution in [-0.2, 0) is 9.53 Å². The zero-order valence-corrected chi connectivity index (χ0v) is 24.6. The van der Waals surface area contributed by atoms with Gasteiger partial charge in [0, 0.05) is 35.4 Å². The van der Waals surface area contributed by atoms with E-state index in [4.69, 9.17) is 21.7 Å². The molecule has 2 unspecified atom stereocenters. The van der Waals surface area contributed by atoms with Gasteiger partial charge in [0.1, 0.15) is 17.4 Å². The van der Waals surface area contributed by atoms with Crippen LogP contribution in [0.25, 0.3) is 0 Å². The maximum atomic E-state index is 13.5. The molecule has 0 bridgehead atoms. The van der Waals surface area contributed by atoms with Gasteiger partial charge < -0.3 is 26.1 Å². The van der Waals surface area contributed by atoms with Crippen molar-refractivity contribution in [1.29, 1.82) is 5.41 Å². The van der Waals surface area contributed by atoms with E-state index in [0.29, 0.717) is 28.5 Å². The van der Waals surface area contributed by atoms with E-state index < -0.39 is 23.3 Å². The third kappa shape index (κ3) is 7.61. The Balaban J connectivity index is 1.65. The van der Waals surface area contributed by atoms with Crippen LogP contribution in [0.3, 0.4) is 0 Å². The molecular formula is C31H37ClN6O3. The molecular weight excluding hydrogens is 540 g/mol. The molecule has 10 heteroatoms. The van der Waals surface area contributed by atoms with E-state index in [1.807, 2.05) is 63.2 Å². The summed E-state index contributed by atoms with van der Waals surface area (Å²) in [7, 11) is 1.30. The number of amides is 1. The molecule has 2 aromatic carbocycles. The van der Waals surface area contributed by atoms with Crippen molar-refractivity contribution in [3.05, 3.63) is 82.5 Å². The number of esters is 1. The summed E-state index contributed by atoms with van der Waals surface area (Å²) in [5.41, 5.74) is 1.67. The first-order valence-corrected chi connectivity index (χ1v) is 14.1. The minimum absolute atomic E-state index is 0.187. The highest BCUT2D eigenvalue weighted by molar-refractivity contribution is 6.30. The van der Waals surface area contributed by atoms with E-state index in [-0.39, 0.29) is 18.0 Å². The van der Waals surface area contributed by atoms with Gasteiger partial charge in [-0.25, -0.2) is 9.78 Å². The Bertz CT molecular complexity index is 1370. The van der Waals surface area contributed by atoms with Gasteiger partial charge in [-0.05, 0) is 47.9 Å². The standard InChI is InChI=1S/C31H37ClN6O3/c1-31(2,3)26(29(40)41-4)37-28(39)24-18-35-30(36-22-11-8-12-22)38-27(24)34-17-23(19-9-6-5-7-10-19)25(33)20-13-15-21(32)16-14-20/h5-7,9-10,13-16,18,22-23,26,33H,8,11-12,17H2,1-4H3,(H,37,39)(H2,34,35,36,38). The Hall–Kier alpha value is -3.98. The predicted octanol–water partition coefficient (Wildman–Crippen LogP) is 5.68. The third-order valence-corrected chi connectivity index (χ3v) is 7.48. The van der Waals surface area contributed by atoms with Gasteiger partial charge in [0.2, 0.25) is 5.95 Å². The van der Waals surface area contributed by atoms with Gasteiger partial charge in [0.25, 0.3) is 5.91 Å². The molecule has 0 radical (unpaired) electrons. The number of ether oxygens (including phenoxy) is 1. The van der Waals surface area contributed by atoms with Crippen LogP contribution >= 0.6 is 11.6 Å². The predicted molar refractivity (Wildman–Crippen MR) is 162 cm³/mol. The lowest BCUT2D eigenvalue weighted by Crippen LogP contribution is -2.49. The van der Waals surface area contributed by atoms with Crippen molar-refractivity contribution in [2.24, 2.45) is 5.41 Å². The van der Waals surface area contributed by atoms with Crippen molar-refractivity contribution < 1.29 is 14.3 Å². The van der Waals surface area contributed by atoms with Crippen LogP contribution < -0.4 is 16.0 Å². The quantitative estimate of drug-likeness (QED) is 0.171. The van der Waals surface area contributed by atoms with Crippen molar-refractivity contribution in [2.45, 2.75) is 58.0 Å². The Morgan fingerprint density at radius 2 is 1.78 bits per heavy atom. The molecule has 0 aliphatic heterocycles. The normalized spacial score (nSPS) is 14.8. The second kappa shape index (κ2) is 13.1. The highest BCUT2D eigenvalue weighted by atomic mass is 35.5. The molecule has 4 rings (SSSR count). The monoisotopic (exact) mass is 576 g/mol. The number of aromatic nitrogens is 2. The average Bonchev–Trinajstić information content (AvgIpc) is 2.93. The largest absolute Gasteiger partial charge is 0.467 e. The highest BCUT2D eigenvalue weighted by Gasteiger charge is 2.35. The molecule has 1 fully saturated rings. The molecule has 4 N–H and O–H groups in total. The number of hydrogen-bond donors (Lipinski definition) is 4. The Morgan fingerprint density at radius 3 is 2.37 bits per heavy atom. The summed E-state index contributed by atoms with van der Waals surface area (Å²) in [6, 6.07) is 16.3. The lowest BCUT2D eigenvalue weighted by atomic mass is 9.86. The van der Waals surface area contributed by atoms with Crippen LogP contribution in [0.2, 0.25) is 5.02 Å². The highest BCUT2D eigenvalue weighted by Crippen LogP contribution is 2.27. The van der Waals surface area contributed by atoms with Crippen LogP contribution in [0, 0.1) is 10.8 Å². The minimum Gasteiger partial charge on any atom is -0.467 e. The Labute approximate surface area is 246 Å². The third-order valence-electron chi connectivity index (χ3n) is 7.23. The number of carbonyl (C=O) groups is 2. The van der Waals surface area contributed by atoms with Crippen LogP contribution in [0.15, 0.2) is 60.8 Å². The molecule has 0 saturated heterocycles.